The highest BCUT2D eigenvalue weighted by atomic mass is 35.5. The van der Waals surface area contributed by atoms with Crippen molar-refractivity contribution in [1.82, 2.24) is 14.5 Å². The largest absolute Gasteiger partial charge is 0.399 e. The third kappa shape index (κ3) is 3.97. The van der Waals surface area contributed by atoms with Crippen LogP contribution in [-0.2, 0) is 11.2 Å². The van der Waals surface area contributed by atoms with E-state index in [1.807, 2.05) is 0 Å². The SMILES string of the molecule is Nc1cc(F)c2[nH]c(=O)n([C@H]3CCCN(C(=O)Cc4cc(Cl)cc(Cl)c4)C3)c2c1. The van der Waals surface area contributed by atoms with Crippen LogP contribution in [-0.4, -0.2) is 33.4 Å². The van der Waals surface area contributed by atoms with Gasteiger partial charge in [0.05, 0.1) is 18.0 Å². The normalized spacial score (nSPS) is 17.1. The molecule has 2 heterocycles. The first kappa shape index (κ1) is 19.8. The number of nitrogen functional groups attached to an aromatic ring is 1. The highest BCUT2D eigenvalue weighted by Gasteiger charge is 2.27. The van der Waals surface area contributed by atoms with Gasteiger partial charge in [0.1, 0.15) is 5.52 Å². The minimum atomic E-state index is -0.572. The second-order valence-corrected chi connectivity index (χ2v) is 8.16. The van der Waals surface area contributed by atoms with E-state index in [0.717, 1.165) is 12.0 Å². The van der Waals surface area contributed by atoms with Gasteiger partial charge in [-0.15, -0.1) is 0 Å². The molecule has 0 bridgehead atoms. The fourth-order valence-corrected chi connectivity index (χ4v) is 4.53. The van der Waals surface area contributed by atoms with E-state index in [4.69, 9.17) is 28.9 Å². The summed E-state index contributed by atoms with van der Waals surface area (Å²) in [6, 6.07) is 7.52. The third-order valence-electron chi connectivity index (χ3n) is 5.19. The first-order valence-electron chi connectivity index (χ1n) is 9.24. The van der Waals surface area contributed by atoms with Crippen LogP contribution in [0.2, 0.25) is 10.0 Å². The Morgan fingerprint density at radius 1 is 1.21 bits per heavy atom. The highest BCUT2D eigenvalue weighted by Crippen LogP contribution is 2.27. The summed E-state index contributed by atoms with van der Waals surface area (Å²) < 4.78 is 15.7. The number of likely N-dealkylation sites (tertiary alicyclic amines) is 1. The first-order chi connectivity index (χ1) is 13.8. The third-order valence-corrected chi connectivity index (χ3v) is 5.63. The molecular formula is C20H19Cl2FN4O2. The van der Waals surface area contributed by atoms with Gasteiger partial charge in [0, 0.05) is 28.8 Å². The molecule has 0 radical (unpaired) electrons. The maximum absolute atomic E-state index is 14.2. The number of hydrogen-bond acceptors (Lipinski definition) is 3. The van der Waals surface area contributed by atoms with Crippen molar-refractivity contribution in [2.45, 2.75) is 25.3 Å². The summed E-state index contributed by atoms with van der Waals surface area (Å²) in [6.07, 6.45) is 1.60. The van der Waals surface area contributed by atoms with E-state index >= 15 is 0 Å². The Balaban J connectivity index is 1.59. The number of halogens is 3. The molecule has 0 spiro atoms. The molecule has 1 atom stereocenters. The smallest absolute Gasteiger partial charge is 0.326 e. The van der Waals surface area contributed by atoms with E-state index in [2.05, 4.69) is 4.98 Å². The number of nitrogens with zero attached hydrogens (tertiary/aromatic N) is 2. The Labute approximate surface area is 176 Å². The van der Waals surface area contributed by atoms with Crippen LogP contribution in [0.4, 0.5) is 10.1 Å². The Morgan fingerprint density at radius 2 is 1.93 bits per heavy atom. The van der Waals surface area contributed by atoms with Gasteiger partial charge in [-0.3, -0.25) is 9.36 Å². The zero-order chi connectivity index (χ0) is 20.7. The number of nitrogens with two attached hydrogens (primary N) is 1. The van der Waals surface area contributed by atoms with E-state index in [9.17, 15) is 14.0 Å². The fourth-order valence-electron chi connectivity index (χ4n) is 3.96. The number of piperidine rings is 1. The summed E-state index contributed by atoms with van der Waals surface area (Å²) in [4.78, 5) is 29.6. The number of hydrogen-bond donors (Lipinski definition) is 2. The number of aromatic amines is 1. The predicted molar refractivity (Wildman–Crippen MR) is 112 cm³/mol. The molecule has 29 heavy (non-hydrogen) atoms. The minimum Gasteiger partial charge on any atom is -0.399 e. The topological polar surface area (TPSA) is 84.1 Å². The van der Waals surface area contributed by atoms with Crippen molar-refractivity contribution in [1.29, 1.82) is 0 Å². The van der Waals surface area contributed by atoms with Crippen LogP contribution < -0.4 is 11.4 Å². The summed E-state index contributed by atoms with van der Waals surface area (Å²) in [5.41, 5.74) is 6.86. The van der Waals surface area contributed by atoms with Crippen molar-refractivity contribution < 1.29 is 9.18 Å². The zero-order valence-corrected chi connectivity index (χ0v) is 16.9. The van der Waals surface area contributed by atoms with E-state index in [1.54, 1.807) is 29.2 Å². The van der Waals surface area contributed by atoms with Gasteiger partial charge in [-0.2, -0.15) is 0 Å². The van der Waals surface area contributed by atoms with Crippen molar-refractivity contribution in [2.24, 2.45) is 0 Å². The molecule has 0 saturated carbocycles. The number of H-pyrrole nitrogens is 1. The van der Waals surface area contributed by atoms with Gasteiger partial charge >= 0.3 is 5.69 Å². The Hall–Kier alpha value is -2.51. The Bertz CT molecular complexity index is 1140. The van der Waals surface area contributed by atoms with Gasteiger partial charge in [-0.1, -0.05) is 23.2 Å². The van der Waals surface area contributed by atoms with Crippen LogP contribution in [0.1, 0.15) is 24.4 Å². The van der Waals surface area contributed by atoms with Crippen molar-refractivity contribution in [3.63, 3.8) is 0 Å². The molecule has 1 amide bonds. The molecule has 0 aliphatic carbocycles. The summed E-state index contributed by atoms with van der Waals surface area (Å²) in [5, 5.41) is 0.948. The molecule has 0 unspecified atom stereocenters. The second-order valence-electron chi connectivity index (χ2n) is 7.29. The van der Waals surface area contributed by atoms with Crippen LogP contribution in [0.5, 0.6) is 0 Å². The number of aromatic nitrogens is 2. The summed E-state index contributed by atoms with van der Waals surface area (Å²) in [7, 11) is 0. The Kier molecular flexibility index (Phi) is 5.27. The summed E-state index contributed by atoms with van der Waals surface area (Å²) >= 11 is 12.0. The van der Waals surface area contributed by atoms with Crippen molar-refractivity contribution >= 4 is 45.8 Å². The van der Waals surface area contributed by atoms with Crippen molar-refractivity contribution in [3.8, 4) is 0 Å². The van der Waals surface area contributed by atoms with E-state index in [0.29, 0.717) is 35.1 Å². The van der Waals surface area contributed by atoms with E-state index in [-0.39, 0.29) is 29.6 Å². The number of nitrogens with one attached hydrogen (secondary N) is 1. The lowest BCUT2D eigenvalue weighted by Crippen LogP contribution is -2.43. The number of benzene rings is 2. The van der Waals surface area contributed by atoms with Crippen LogP contribution in [0.25, 0.3) is 11.0 Å². The van der Waals surface area contributed by atoms with Crippen molar-refractivity contribution in [2.75, 3.05) is 18.8 Å². The Morgan fingerprint density at radius 3 is 2.66 bits per heavy atom. The predicted octanol–water partition coefficient (Wildman–Crippen LogP) is 3.76. The number of imidazole rings is 1. The van der Waals surface area contributed by atoms with Gasteiger partial charge in [-0.05, 0) is 48.7 Å². The molecular weight excluding hydrogens is 418 g/mol. The molecule has 3 aromatic rings. The number of amides is 1. The van der Waals surface area contributed by atoms with Gasteiger partial charge in [0.2, 0.25) is 5.91 Å². The standard InChI is InChI=1S/C20H19Cl2FN4O2/c21-12-4-11(5-13(22)7-12)6-18(28)26-3-1-2-15(10-26)27-17-9-14(24)8-16(23)19(17)25-20(27)29/h4-5,7-9,15H,1-3,6,10,24H2,(H,25,29)/t15-/m0/s1. The lowest BCUT2D eigenvalue weighted by Gasteiger charge is -2.33. The number of carbonyl (C=O) groups excluding carboxylic acids is 1. The minimum absolute atomic E-state index is 0.0772. The fraction of sp³-hybridized carbons (Fsp3) is 0.300. The molecule has 1 fully saturated rings. The molecule has 152 valence electrons. The molecule has 1 aromatic heterocycles. The molecule has 3 N–H and O–H groups in total. The lowest BCUT2D eigenvalue weighted by atomic mass is 10.0. The van der Waals surface area contributed by atoms with Crippen LogP contribution >= 0.6 is 23.2 Å². The molecule has 9 heteroatoms. The van der Waals surface area contributed by atoms with Gasteiger partial charge in [-0.25, -0.2) is 9.18 Å². The highest BCUT2D eigenvalue weighted by molar-refractivity contribution is 6.34. The maximum atomic E-state index is 14.2. The number of fused-ring (bicyclic) bond motifs is 1. The number of carbonyl (C=O) groups is 1. The lowest BCUT2D eigenvalue weighted by molar-refractivity contribution is -0.132. The zero-order valence-electron chi connectivity index (χ0n) is 15.4. The molecule has 2 aromatic carbocycles. The second kappa shape index (κ2) is 7.72. The molecule has 1 aliphatic heterocycles. The van der Waals surface area contributed by atoms with Crippen LogP contribution in [0, 0.1) is 5.82 Å². The van der Waals surface area contributed by atoms with Gasteiger partial charge < -0.3 is 15.6 Å². The van der Waals surface area contributed by atoms with Crippen LogP contribution in [0.15, 0.2) is 35.1 Å². The number of rotatable bonds is 3. The molecule has 4 rings (SSSR count). The van der Waals surface area contributed by atoms with E-state index < -0.39 is 11.5 Å². The van der Waals surface area contributed by atoms with Crippen molar-refractivity contribution in [3.05, 3.63) is 62.2 Å². The monoisotopic (exact) mass is 436 g/mol. The van der Waals surface area contributed by atoms with E-state index in [1.165, 1.54) is 10.6 Å². The summed E-state index contributed by atoms with van der Waals surface area (Å²) in [6.45, 7) is 0.952. The first-order valence-corrected chi connectivity index (χ1v) is 9.99. The van der Waals surface area contributed by atoms with Gasteiger partial charge in [0.25, 0.3) is 0 Å². The summed E-state index contributed by atoms with van der Waals surface area (Å²) in [5.74, 6) is -0.649. The molecule has 6 nitrogen and oxygen atoms in total. The number of anilines is 1. The molecule has 1 saturated heterocycles. The molecule has 1 aliphatic rings. The van der Waals surface area contributed by atoms with Crippen LogP contribution in [0.3, 0.4) is 0 Å². The average molecular weight is 437 g/mol. The van der Waals surface area contributed by atoms with Gasteiger partial charge in [0.15, 0.2) is 5.82 Å². The average Bonchev–Trinajstić information content (AvgIpc) is 2.97. The quantitative estimate of drug-likeness (QED) is 0.612. The maximum Gasteiger partial charge on any atom is 0.326 e.